The van der Waals surface area contributed by atoms with Gasteiger partial charge in [0, 0.05) is 38.3 Å². The van der Waals surface area contributed by atoms with Crippen LogP contribution in [0.1, 0.15) is 11.1 Å². The summed E-state index contributed by atoms with van der Waals surface area (Å²) in [7, 11) is -2.82. The maximum absolute atomic E-state index is 12.7. The van der Waals surface area contributed by atoms with E-state index >= 15 is 0 Å². The highest BCUT2D eigenvalue weighted by Gasteiger charge is 2.49. The van der Waals surface area contributed by atoms with Crippen molar-refractivity contribution in [1.29, 1.82) is 0 Å². The summed E-state index contributed by atoms with van der Waals surface area (Å²) in [5.41, 5.74) is 1.67. The summed E-state index contributed by atoms with van der Waals surface area (Å²) in [5, 5.41) is 10.7. The highest BCUT2D eigenvalue weighted by Crippen LogP contribution is 2.61. The van der Waals surface area contributed by atoms with Gasteiger partial charge in [-0.2, -0.15) is 0 Å². The van der Waals surface area contributed by atoms with Crippen molar-refractivity contribution in [2.45, 2.75) is 13.5 Å². The van der Waals surface area contributed by atoms with Crippen LogP contribution in [-0.2, 0) is 15.7 Å². The number of nitro groups is 1. The Labute approximate surface area is 116 Å². The Bertz CT molecular complexity index is 582. The SMILES string of the molecule is Cc1cc([N+](=O)[O-])ccc1COP(=O)(N1CC1)N1CC1. The van der Waals surface area contributed by atoms with Crippen molar-refractivity contribution in [3.05, 3.63) is 39.4 Å². The van der Waals surface area contributed by atoms with Crippen LogP contribution in [0.15, 0.2) is 18.2 Å². The van der Waals surface area contributed by atoms with E-state index in [2.05, 4.69) is 0 Å². The molecule has 2 aliphatic heterocycles. The molecular weight excluding hydrogens is 281 g/mol. The second-order valence-corrected chi connectivity index (χ2v) is 7.41. The quantitative estimate of drug-likeness (QED) is 0.346. The Morgan fingerprint density at radius 3 is 2.35 bits per heavy atom. The predicted molar refractivity (Wildman–Crippen MR) is 73.4 cm³/mol. The van der Waals surface area contributed by atoms with Crippen LogP contribution in [0.2, 0.25) is 0 Å². The van der Waals surface area contributed by atoms with Crippen LogP contribution < -0.4 is 0 Å². The largest absolute Gasteiger partial charge is 0.346 e. The second kappa shape index (κ2) is 4.93. The molecular formula is C12H16N3O4P. The highest BCUT2D eigenvalue weighted by molar-refractivity contribution is 7.54. The molecule has 8 heteroatoms. The molecule has 0 spiro atoms. The number of rotatable bonds is 6. The van der Waals surface area contributed by atoms with Crippen LogP contribution >= 0.6 is 7.67 Å². The fraction of sp³-hybridized carbons (Fsp3) is 0.500. The topological polar surface area (TPSA) is 75.5 Å². The zero-order chi connectivity index (χ0) is 14.3. The fourth-order valence-corrected chi connectivity index (χ4v) is 4.23. The van der Waals surface area contributed by atoms with Crippen molar-refractivity contribution in [3.8, 4) is 0 Å². The Hall–Kier alpha value is -1.27. The maximum Gasteiger partial charge on any atom is 0.346 e. The van der Waals surface area contributed by atoms with Gasteiger partial charge in [0.15, 0.2) is 0 Å². The Kier molecular flexibility index (Phi) is 3.38. The van der Waals surface area contributed by atoms with Crippen molar-refractivity contribution >= 4 is 13.4 Å². The first-order valence-corrected chi connectivity index (χ1v) is 8.03. The number of non-ortho nitro benzene ring substituents is 1. The highest BCUT2D eigenvalue weighted by atomic mass is 31.2. The predicted octanol–water partition coefficient (Wildman–Crippen LogP) is 2.16. The number of hydrogen-bond donors (Lipinski definition) is 0. The molecule has 1 aromatic carbocycles. The van der Waals surface area contributed by atoms with E-state index in [1.165, 1.54) is 12.1 Å². The third kappa shape index (κ3) is 2.62. The molecule has 2 fully saturated rings. The summed E-state index contributed by atoms with van der Waals surface area (Å²) in [5.74, 6) is 0. The molecule has 0 radical (unpaired) electrons. The lowest BCUT2D eigenvalue weighted by Gasteiger charge is -2.20. The van der Waals surface area contributed by atoms with Gasteiger partial charge in [0.2, 0.25) is 0 Å². The lowest BCUT2D eigenvalue weighted by molar-refractivity contribution is -0.384. The number of aryl methyl sites for hydroxylation is 1. The van der Waals surface area contributed by atoms with Gasteiger partial charge >= 0.3 is 7.67 Å². The first kappa shape index (κ1) is 13.7. The zero-order valence-corrected chi connectivity index (χ0v) is 12.1. The third-order valence-electron chi connectivity index (χ3n) is 3.49. The lowest BCUT2D eigenvalue weighted by atomic mass is 10.1. The lowest BCUT2D eigenvalue weighted by Crippen LogP contribution is -2.08. The summed E-state index contributed by atoms with van der Waals surface area (Å²) in [6.45, 7) is 5.26. The van der Waals surface area contributed by atoms with Gasteiger partial charge in [-0.1, -0.05) is 0 Å². The molecule has 0 N–H and O–H groups in total. The average molecular weight is 297 g/mol. The molecule has 0 saturated carbocycles. The van der Waals surface area contributed by atoms with E-state index in [0.29, 0.717) is 0 Å². The van der Waals surface area contributed by atoms with E-state index in [4.69, 9.17) is 4.52 Å². The molecule has 3 rings (SSSR count). The molecule has 2 saturated heterocycles. The van der Waals surface area contributed by atoms with Gasteiger partial charge in [0.25, 0.3) is 5.69 Å². The molecule has 0 atom stereocenters. The summed E-state index contributed by atoms with van der Waals surface area (Å²) >= 11 is 0. The fourth-order valence-electron chi connectivity index (χ4n) is 2.05. The van der Waals surface area contributed by atoms with Crippen LogP contribution in [0.5, 0.6) is 0 Å². The summed E-state index contributed by atoms with van der Waals surface area (Å²) in [6.07, 6.45) is 0. The van der Waals surface area contributed by atoms with Gasteiger partial charge in [-0.15, -0.1) is 0 Å². The van der Waals surface area contributed by atoms with Crippen LogP contribution in [-0.4, -0.2) is 40.4 Å². The molecule has 2 aliphatic rings. The average Bonchev–Trinajstić information content (AvgIpc) is 3.29. The van der Waals surface area contributed by atoms with Gasteiger partial charge in [-0.05, 0) is 24.1 Å². The Morgan fingerprint density at radius 1 is 1.30 bits per heavy atom. The Balaban J connectivity index is 1.71. The van der Waals surface area contributed by atoms with Gasteiger partial charge in [0.05, 0.1) is 11.5 Å². The molecule has 1 aromatic rings. The molecule has 2 heterocycles. The number of benzene rings is 1. The Morgan fingerprint density at radius 2 is 1.90 bits per heavy atom. The number of nitro benzene ring substituents is 1. The molecule has 108 valence electrons. The van der Waals surface area contributed by atoms with Crippen molar-refractivity contribution in [2.75, 3.05) is 26.2 Å². The summed E-state index contributed by atoms with van der Waals surface area (Å²) < 4.78 is 22.1. The van der Waals surface area contributed by atoms with Crippen molar-refractivity contribution in [3.63, 3.8) is 0 Å². The summed E-state index contributed by atoms with van der Waals surface area (Å²) in [6, 6.07) is 4.63. The zero-order valence-electron chi connectivity index (χ0n) is 11.2. The first-order chi connectivity index (χ1) is 9.50. The van der Waals surface area contributed by atoms with Crippen molar-refractivity contribution < 1.29 is 14.0 Å². The van der Waals surface area contributed by atoms with Crippen molar-refractivity contribution in [2.24, 2.45) is 0 Å². The van der Waals surface area contributed by atoms with E-state index in [1.807, 2.05) is 9.34 Å². The van der Waals surface area contributed by atoms with Gasteiger partial charge in [-0.3, -0.25) is 14.7 Å². The van der Waals surface area contributed by atoms with E-state index in [9.17, 15) is 14.7 Å². The van der Waals surface area contributed by atoms with E-state index in [-0.39, 0.29) is 12.3 Å². The molecule has 20 heavy (non-hydrogen) atoms. The van der Waals surface area contributed by atoms with Crippen molar-refractivity contribution in [1.82, 2.24) is 9.34 Å². The van der Waals surface area contributed by atoms with Crippen LogP contribution in [0.4, 0.5) is 5.69 Å². The minimum absolute atomic E-state index is 0.0614. The van der Waals surface area contributed by atoms with Gasteiger partial charge in [-0.25, -0.2) is 9.34 Å². The standard InChI is InChI=1S/C12H16N3O4P/c1-10-8-12(15(16)17)3-2-11(10)9-19-20(18,13-4-5-13)14-6-7-14/h2-3,8H,4-7,9H2,1H3. The maximum atomic E-state index is 12.7. The van der Waals surface area contributed by atoms with E-state index in [1.54, 1.807) is 13.0 Å². The smallest absolute Gasteiger partial charge is 0.301 e. The molecule has 0 aliphatic carbocycles. The molecule has 0 bridgehead atoms. The summed E-state index contributed by atoms with van der Waals surface area (Å²) in [4.78, 5) is 10.3. The van der Waals surface area contributed by atoms with E-state index < -0.39 is 12.6 Å². The molecule has 7 nitrogen and oxygen atoms in total. The molecule has 0 amide bonds. The van der Waals surface area contributed by atoms with E-state index in [0.717, 1.165) is 37.3 Å². The first-order valence-electron chi connectivity index (χ1n) is 6.50. The van der Waals surface area contributed by atoms with Crippen LogP contribution in [0, 0.1) is 17.0 Å². The van der Waals surface area contributed by atoms with Crippen LogP contribution in [0.25, 0.3) is 0 Å². The molecule has 0 unspecified atom stereocenters. The number of nitrogens with zero attached hydrogens (tertiary/aromatic N) is 3. The monoisotopic (exact) mass is 297 g/mol. The third-order valence-corrected chi connectivity index (χ3v) is 6.18. The van der Waals surface area contributed by atoms with Gasteiger partial charge in [0.1, 0.15) is 0 Å². The minimum Gasteiger partial charge on any atom is -0.301 e. The van der Waals surface area contributed by atoms with Gasteiger partial charge < -0.3 is 4.52 Å². The van der Waals surface area contributed by atoms with Crippen LogP contribution in [0.3, 0.4) is 0 Å². The number of hydrogen-bond acceptors (Lipinski definition) is 4. The second-order valence-electron chi connectivity index (χ2n) is 5.04. The normalized spacial score (nSPS) is 19.1. The molecule has 0 aromatic heterocycles. The minimum atomic E-state index is -2.82.